The van der Waals surface area contributed by atoms with E-state index in [1.807, 2.05) is 19.2 Å². The van der Waals surface area contributed by atoms with Gasteiger partial charge in [-0.1, -0.05) is 31.2 Å². The molecule has 0 bridgehead atoms. The third-order valence-electron chi connectivity index (χ3n) is 4.20. The number of ether oxygens (including phenoxy) is 1. The van der Waals surface area contributed by atoms with Gasteiger partial charge >= 0.3 is 0 Å². The first-order valence-electron chi connectivity index (χ1n) is 7.59. The second-order valence-electron chi connectivity index (χ2n) is 5.60. The molecular formula is C17H22N2O2. The van der Waals surface area contributed by atoms with Gasteiger partial charge < -0.3 is 9.84 Å². The molecule has 21 heavy (non-hydrogen) atoms. The molecule has 2 atom stereocenters. The van der Waals surface area contributed by atoms with Crippen molar-refractivity contribution in [2.75, 3.05) is 6.61 Å². The van der Waals surface area contributed by atoms with Crippen LogP contribution in [-0.2, 0) is 24.6 Å². The molecule has 2 aromatic rings. The lowest BCUT2D eigenvalue weighted by atomic mass is 9.93. The molecule has 0 aliphatic carbocycles. The fraction of sp³-hybridized carbons (Fsp3) is 0.471. The van der Waals surface area contributed by atoms with Gasteiger partial charge in [-0.05, 0) is 30.0 Å². The molecule has 0 saturated carbocycles. The Morgan fingerprint density at radius 2 is 2.24 bits per heavy atom. The van der Waals surface area contributed by atoms with Crippen molar-refractivity contribution in [1.82, 2.24) is 9.78 Å². The van der Waals surface area contributed by atoms with Crippen molar-refractivity contribution in [2.45, 2.75) is 38.4 Å². The Labute approximate surface area is 125 Å². The Morgan fingerprint density at radius 1 is 1.43 bits per heavy atom. The Morgan fingerprint density at radius 3 is 3.00 bits per heavy atom. The van der Waals surface area contributed by atoms with Crippen LogP contribution in [0.1, 0.15) is 48.1 Å². The first kappa shape index (κ1) is 14.3. The van der Waals surface area contributed by atoms with Crippen LogP contribution in [-0.4, -0.2) is 21.5 Å². The van der Waals surface area contributed by atoms with E-state index in [9.17, 15) is 5.11 Å². The topological polar surface area (TPSA) is 47.3 Å². The maximum atomic E-state index is 10.5. The van der Waals surface area contributed by atoms with Gasteiger partial charge in [0.25, 0.3) is 0 Å². The van der Waals surface area contributed by atoms with E-state index >= 15 is 0 Å². The van der Waals surface area contributed by atoms with E-state index in [0.717, 1.165) is 30.8 Å². The monoisotopic (exact) mass is 286 g/mol. The predicted molar refractivity (Wildman–Crippen MR) is 81.0 cm³/mol. The van der Waals surface area contributed by atoms with Crippen LogP contribution in [0.15, 0.2) is 30.3 Å². The van der Waals surface area contributed by atoms with Gasteiger partial charge in [-0.2, -0.15) is 5.10 Å². The van der Waals surface area contributed by atoms with Crippen molar-refractivity contribution in [3.8, 4) is 0 Å². The van der Waals surface area contributed by atoms with Gasteiger partial charge in [-0.25, -0.2) is 0 Å². The number of benzene rings is 1. The molecule has 3 rings (SSSR count). The minimum atomic E-state index is -0.557. The number of nitrogens with zero attached hydrogens (tertiary/aromatic N) is 2. The molecule has 0 radical (unpaired) electrons. The summed E-state index contributed by atoms with van der Waals surface area (Å²) in [6.45, 7) is 2.79. The van der Waals surface area contributed by atoms with E-state index in [-0.39, 0.29) is 6.10 Å². The number of aryl methyl sites for hydroxylation is 2. The maximum Gasteiger partial charge on any atom is 0.0984 e. The van der Waals surface area contributed by atoms with Crippen LogP contribution in [0, 0.1) is 0 Å². The summed E-state index contributed by atoms with van der Waals surface area (Å²) in [5, 5.41) is 15.0. The van der Waals surface area contributed by atoms with Crippen molar-refractivity contribution in [1.29, 1.82) is 0 Å². The number of fused-ring (bicyclic) bond motifs is 1. The summed E-state index contributed by atoms with van der Waals surface area (Å²) in [4.78, 5) is 0. The Hall–Kier alpha value is -1.65. The standard InChI is InChI=1S/C17H22N2O2/c1-3-13-10-15(19(2)18-13)16(20)11-17-14-7-5-4-6-12(14)8-9-21-17/h4-7,10,16-17,20H,3,8-9,11H2,1-2H3. The largest absolute Gasteiger partial charge is 0.387 e. The van der Waals surface area contributed by atoms with Gasteiger partial charge in [0, 0.05) is 13.5 Å². The molecular weight excluding hydrogens is 264 g/mol. The lowest BCUT2D eigenvalue weighted by molar-refractivity contribution is 0.00201. The highest BCUT2D eigenvalue weighted by Gasteiger charge is 2.25. The molecule has 4 nitrogen and oxygen atoms in total. The van der Waals surface area contributed by atoms with Crippen molar-refractivity contribution in [3.05, 3.63) is 52.8 Å². The number of hydrogen-bond acceptors (Lipinski definition) is 3. The fourth-order valence-corrected chi connectivity index (χ4v) is 3.02. The number of aromatic nitrogens is 2. The average molecular weight is 286 g/mol. The van der Waals surface area contributed by atoms with Gasteiger partial charge in [0.05, 0.1) is 30.2 Å². The SMILES string of the molecule is CCc1cc(C(O)CC2OCCc3ccccc32)n(C)n1. The highest BCUT2D eigenvalue weighted by atomic mass is 16.5. The third-order valence-corrected chi connectivity index (χ3v) is 4.20. The van der Waals surface area contributed by atoms with E-state index in [2.05, 4.69) is 30.2 Å². The lowest BCUT2D eigenvalue weighted by Crippen LogP contribution is -2.19. The van der Waals surface area contributed by atoms with Crippen LogP contribution in [0.4, 0.5) is 0 Å². The molecule has 0 amide bonds. The zero-order valence-electron chi connectivity index (χ0n) is 12.6. The second kappa shape index (κ2) is 6.00. The van der Waals surface area contributed by atoms with E-state index in [1.54, 1.807) is 4.68 Å². The molecule has 1 aliphatic heterocycles. The molecule has 2 heterocycles. The maximum absolute atomic E-state index is 10.5. The third kappa shape index (κ3) is 2.87. The first-order valence-corrected chi connectivity index (χ1v) is 7.59. The predicted octanol–water partition coefficient (Wildman–Crippen LogP) is 2.72. The van der Waals surface area contributed by atoms with E-state index < -0.39 is 6.10 Å². The fourth-order valence-electron chi connectivity index (χ4n) is 3.02. The van der Waals surface area contributed by atoms with Gasteiger partial charge in [0.1, 0.15) is 0 Å². The van der Waals surface area contributed by atoms with Crippen LogP contribution in [0.25, 0.3) is 0 Å². The minimum absolute atomic E-state index is 0.0371. The van der Waals surface area contributed by atoms with Crippen LogP contribution < -0.4 is 0 Å². The van der Waals surface area contributed by atoms with E-state index in [0.29, 0.717) is 6.42 Å². The van der Waals surface area contributed by atoms with Gasteiger partial charge in [-0.15, -0.1) is 0 Å². The minimum Gasteiger partial charge on any atom is -0.387 e. The first-order chi connectivity index (χ1) is 10.2. The summed E-state index contributed by atoms with van der Waals surface area (Å²) in [6.07, 6.45) is 1.81. The molecule has 112 valence electrons. The lowest BCUT2D eigenvalue weighted by Gasteiger charge is -2.27. The average Bonchev–Trinajstić information content (AvgIpc) is 2.89. The van der Waals surface area contributed by atoms with Crippen LogP contribution >= 0.6 is 0 Å². The number of hydrogen-bond donors (Lipinski definition) is 1. The number of rotatable bonds is 4. The molecule has 1 N–H and O–H groups in total. The highest BCUT2D eigenvalue weighted by Crippen LogP contribution is 2.34. The van der Waals surface area contributed by atoms with Gasteiger partial charge in [0.15, 0.2) is 0 Å². The zero-order chi connectivity index (χ0) is 14.8. The van der Waals surface area contributed by atoms with Gasteiger partial charge in [-0.3, -0.25) is 4.68 Å². The van der Waals surface area contributed by atoms with Crippen LogP contribution in [0.5, 0.6) is 0 Å². The normalized spacial score (nSPS) is 19.3. The summed E-state index contributed by atoms with van der Waals surface area (Å²) in [6, 6.07) is 10.3. The molecule has 0 saturated heterocycles. The zero-order valence-corrected chi connectivity index (χ0v) is 12.6. The number of aliphatic hydroxyl groups is 1. The molecule has 2 unspecified atom stereocenters. The Bertz CT molecular complexity index is 621. The number of aliphatic hydroxyl groups excluding tert-OH is 1. The van der Waals surface area contributed by atoms with E-state index in [4.69, 9.17) is 4.74 Å². The smallest absolute Gasteiger partial charge is 0.0984 e. The summed E-state index contributed by atoms with van der Waals surface area (Å²) >= 11 is 0. The van der Waals surface area contributed by atoms with E-state index in [1.165, 1.54) is 11.1 Å². The molecule has 0 spiro atoms. The van der Waals surface area contributed by atoms with Crippen LogP contribution in [0.2, 0.25) is 0 Å². The molecule has 1 aliphatic rings. The molecule has 4 heteroatoms. The van der Waals surface area contributed by atoms with Crippen molar-refractivity contribution in [2.24, 2.45) is 7.05 Å². The Balaban J connectivity index is 1.79. The summed E-state index contributed by atoms with van der Waals surface area (Å²) in [5.74, 6) is 0. The molecule has 1 aromatic carbocycles. The highest BCUT2D eigenvalue weighted by molar-refractivity contribution is 5.31. The summed E-state index contributed by atoms with van der Waals surface area (Å²) < 4.78 is 7.66. The van der Waals surface area contributed by atoms with Crippen molar-refractivity contribution >= 4 is 0 Å². The van der Waals surface area contributed by atoms with Crippen LogP contribution in [0.3, 0.4) is 0 Å². The van der Waals surface area contributed by atoms with Crippen molar-refractivity contribution < 1.29 is 9.84 Å². The Kier molecular flexibility index (Phi) is 4.08. The summed E-state index contributed by atoms with van der Waals surface area (Å²) in [5.41, 5.74) is 4.41. The summed E-state index contributed by atoms with van der Waals surface area (Å²) in [7, 11) is 1.88. The van der Waals surface area contributed by atoms with Crippen molar-refractivity contribution in [3.63, 3.8) is 0 Å². The second-order valence-corrected chi connectivity index (χ2v) is 5.60. The molecule has 1 aromatic heterocycles. The van der Waals surface area contributed by atoms with Gasteiger partial charge in [0.2, 0.25) is 0 Å². The molecule has 0 fully saturated rings. The quantitative estimate of drug-likeness (QED) is 0.940.